The Kier molecular flexibility index (Phi) is 4.28. The summed E-state index contributed by atoms with van der Waals surface area (Å²) in [5.74, 6) is -8.66. The van der Waals surface area contributed by atoms with Crippen molar-refractivity contribution < 1.29 is 26.7 Å². The van der Waals surface area contributed by atoms with Gasteiger partial charge in [0.15, 0.2) is 0 Å². The van der Waals surface area contributed by atoms with E-state index in [1.165, 1.54) is 0 Å². The van der Waals surface area contributed by atoms with E-state index in [1.807, 2.05) is 0 Å². The average Bonchev–Trinajstić information content (AvgIpc) is 3.05. The van der Waals surface area contributed by atoms with Crippen molar-refractivity contribution in [1.82, 2.24) is 29.5 Å². The minimum absolute atomic E-state index is 0.340. The van der Waals surface area contributed by atoms with Crippen LogP contribution in [0.5, 0.6) is 0 Å². The predicted octanol–water partition coefficient (Wildman–Crippen LogP) is 2.87. The summed E-state index contributed by atoms with van der Waals surface area (Å²) in [6, 6.07) is -1.53. The quantitative estimate of drug-likeness (QED) is 0.544. The van der Waals surface area contributed by atoms with Crippen molar-refractivity contribution in [1.29, 1.82) is 0 Å². The number of hydrogen-bond acceptors (Lipinski definition) is 5. The smallest absolute Gasteiger partial charge is 0.243 e. The lowest BCUT2D eigenvalue weighted by atomic mass is 10.3. The van der Waals surface area contributed by atoms with Crippen LogP contribution in [0.25, 0.3) is 0 Å². The second-order valence-electron chi connectivity index (χ2n) is 3.86. The second kappa shape index (κ2) is 5.53. The summed E-state index contributed by atoms with van der Waals surface area (Å²) in [7, 11) is 0. The van der Waals surface area contributed by atoms with Gasteiger partial charge in [0.2, 0.25) is 11.6 Å². The first-order valence-corrected chi connectivity index (χ1v) is 6.37. The molecule has 15 heteroatoms. The van der Waals surface area contributed by atoms with Gasteiger partial charge in [0, 0.05) is 0 Å². The van der Waals surface area contributed by atoms with Crippen molar-refractivity contribution in [2.24, 2.45) is 0 Å². The maximum atomic E-state index is 13.6. The normalized spacial score (nSPS) is 13.4. The molecule has 7 nitrogen and oxygen atoms in total. The molecular weight excluding hydrogens is 397 g/mol. The van der Waals surface area contributed by atoms with E-state index < -0.39 is 33.6 Å². The predicted molar refractivity (Wildman–Crippen MR) is 65.4 cm³/mol. The first-order valence-electron chi connectivity index (χ1n) is 5.24. The van der Waals surface area contributed by atoms with Gasteiger partial charge in [-0.1, -0.05) is 34.8 Å². The molecule has 2 heterocycles. The number of aromatic nitrogens is 6. The molecule has 0 spiro atoms. The molecule has 0 aliphatic rings. The zero-order valence-corrected chi connectivity index (χ0v) is 12.5. The highest BCUT2D eigenvalue weighted by Crippen LogP contribution is 2.44. The van der Waals surface area contributed by atoms with Crippen LogP contribution in [0, 0.1) is 0 Å². The summed E-state index contributed by atoms with van der Waals surface area (Å²) in [6.45, 7) is 0. The summed E-state index contributed by atoms with van der Waals surface area (Å²) in [4.78, 5) is 18.1. The molecule has 2 aromatic rings. The highest BCUT2D eigenvalue weighted by Gasteiger charge is 2.63. The average molecular weight is 399 g/mol. The fourth-order valence-electron chi connectivity index (χ4n) is 1.30. The van der Waals surface area contributed by atoms with Gasteiger partial charge in [-0.05, 0) is 0 Å². The Morgan fingerprint density at radius 3 is 2.17 bits per heavy atom. The molecule has 0 aromatic carbocycles. The molecule has 0 amide bonds. The van der Waals surface area contributed by atoms with Crippen LogP contribution in [0.15, 0.2) is 12.7 Å². The van der Waals surface area contributed by atoms with Gasteiger partial charge in [0.1, 0.15) is 12.7 Å². The van der Waals surface area contributed by atoms with Gasteiger partial charge >= 0.3 is 18.1 Å². The van der Waals surface area contributed by atoms with Crippen LogP contribution in [-0.2, 0) is 9.72 Å². The topological polar surface area (TPSA) is 78.5 Å². The molecule has 0 N–H and O–H groups in total. The van der Waals surface area contributed by atoms with Crippen LogP contribution < -0.4 is 0 Å². The van der Waals surface area contributed by atoms with E-state index in [0.29, 0.717) is 4.68 Å². The fourth-order valence-corrected chi connectivity index (χ4v) is 1.54. The number of nitrogens with zero attached hydrogens (tertiary/aromatic N) is 6. The zero-order valence-electron chi connectivity index (χ0n) is 10.3. The van der Waals surface area contributed by atoms with Gasteiger partial charge in [0.25, 0.3) is 3.79 Å². The lowest BCUT2D eigenvalue weighted by Crippen LogP contribution is -2.38. The highest BCUT2D eigenvalue weighted by molar-refractivity contribution is 6.66. The van der Waals surface area contributed by atoms with E-state index in [2.05, 4.69) is 20.2 Å². The van der Waals surface area contributed by atoms with Crippen LogP contribution >= 0.6 is 34.8 Å². The van der Waals surface area contributed by atoms with Crippen molar-refractivity contribution >= 4 is 40.8 Å². The largest absolute Gasteiger partial charge is 0.461 e. The molecule has 2 aromatic heterocycles. The maximum absolute atomic E-state index is 13.6. The second-order valence-corrected chi connectivity index (χ2v) is 6.14. The standard InChI is InChI=1S/C8H2Cl3F5N6O/c9-7(10,11)3-19-4(6(12,13)8(14,15)16)22(20-3)5(23)21-2-17-1-18-21/h1-2H. The maximum Gasteiger partial charge on any atom is 0.461 e. The Balaban J connectivity index is 2.66. The molecule has 0 unspecified atom stereocenters. The summed E-state index contributed by atoms with van der Waals surface area (Å²) < 4.78 is 62.1. The number of carbonyl (C=O) groups excluding carboxylic acids is 1. The molecule has 0 radical (unpaired) electrons. The summed E-state index contributed by atoms with van der Waals surface area (Å²) in [5.41, 5.74) is 0. The highest BCUT2D eigenvalue weighted by atomic mass is 35.6. The van der Waals surface area contributed by atoms with Gasteiger partial charge < -0.3 is 0 Å². The van der Waals surface area contributed by atoms with Crippen LogP contribution in [-0.4, -0.2) is 41.7 Å². The third-order valence-corrected chi connectivity index (χ3v) is 2.80. The SMILES string of the molecule is O=C(n1cncn1)n1nc(C(Cl)(Cl)Cl)nc1C(F)(F)C(F)(F)F. The third kappa shape index (κ3) is 3.23. The van der Waals surface area contributed by atoms with Crippen LogP contribution in [0.2, 0.25) is 0 Å². The number of rotatable bonds is 1. The van der Waals surface area contributed by atoms with E-state index in [0.717, 1.165) is 12.7 Å². The van der Waals surface area contributed by atoms with Crippen molar-refractivity contribution in [3.8, 4) is 0 Å². The summed E-state index contributed by atoms with van der Waals surface area (Å²) >= 11 is 16.1. The summed E-state index contributed by atoms with van der Waals surface area (Å²) in [6.07, 6.45) is -4.48. The lowest BCUT2D eigenvalue weighted by molar-refractivity contribution is -0.293. The Bertz CT molecular complexity index is 722. The Labute approximate surface area is 138 Å². The van der Waals surface area contributed by atoms with E-state index in [9.17, 15) is 26.7 Å². The van der Waals surface area contributed by atoms with Gasteiger partial charge in [0.05, 0.1) is 0 Å². The fraction of sp³-hybridized carbons (Fsp3) is 0.375. The van der Waals surface area contributed by atoms with Gasteiger partial charge in [-0.2, -0.15) is 36.4 Å². The number of hydrogen-bond donors (Lipinski definition) is 0. The molecule has 0 aliphatic heterocycles. The number of alkyl halides is 8. The molecule has 0 aliphatic carbocycles. The van der Waals surface area contributed by atoms with Crippen molar-refractivity contribution in [3.05, 3.63) is 24.3 Å². The summed E-state index contributed by atoms with van der Waals surface area (Å²) in [5, 5.41) is 6.40. The zero-order chi connectivity index (χ0) is 17.6. The Morgan fingerprint density at radius 1 is 1.13 bits per heavy atom. The minimum atomic E-state index is -6.06. The molecule has 0 bridgehead atoms. The first kappa shape index (κ1) is 17.8. The Morgan fingerprint density at radius 2 is 1.74 bits per heavy atom. The molecule has 2 rings (SSSR count). The van der Waals surface area contributed by atoms with Crippen LogP contribution in [0.1, 0.15) is 11.6 Å². The van der Waals surface area contributed by atoms with E-state index in [1.54, 1.807) is 0 Å². The molecular formula is C8H2Cl3F5N6O. The van der Waals surface area contributed by atoms with Gasteiger partial charge in [-0.3, -0.25) is 0 Å². The molecule has 0 fully saturated rings. The third-order valence-electron chi connectivity index (χ3n) is 2.29. The van der Waals surface area contributed by atoms with Crippen molar-refractivity contribution in [3.63, 3.8) is 0 Å². The molecule has 0 saturated heterocycles. The number of carbonyl (C=O) groups is 1. The van der Waals surface area contributed by atoms with Crippen molar-refractivity contribution in [2.45, 2.75) is 15.9 Å². The van der Waals surface area contributed by atoms with E-state index in [-0.39, 0.29) is 4.68 Å². The van der Waals surface area contributed by atoms with Crippen LogP contribution in [0.4, 0.5) is 26.7 Å². The number of halogens is 8. The molecule has 23 heavy (non-hydrogen) atoms. The van der Waals surface area contributed by atoms with E-state index in [4.69, 9.17) is 34.8 Å². The minimum Gasteiger partial charge on any atom is -0.243 e. The van der Waals surface area contributed by atoms with E-state index >= 15 is 0 Å². The van der Waals surface area contributed by atoms with Crippen LogP contribution in [0.3, 0.4) is 0 Å². The van der Waals surface area contributed by atoms with Gasteiger partial charge in [-0.15, -0.1) is 5.10 Å². The first-order chi connectivity index (χ1) is 10.4. The molecule has 0 atom stereocenters. The molecule has 0 saturated carbocycles. The Hall–Kier alpha value is -1.53. The van der Waals surface area contributed by atoms with Crippen molar-refractivity contribution in [2.75, 3.05) is 0 Å². The van der Waals surface area contributed by atoms with Gasteiger partial charge in [-0.25, -0.2) is 14.8 Å². The lowest BCUT2D eigenvalue weighted by Gasteiger charge is -2.18. The molecule has 126 valence electrons. The monoisotopic (exact) mass is 398 g/mol.